The lowest BCUT2D eigenvalue weighted by molar-refractivity contribution is 0.292. The molecule has 0 saturated carbocycles. The largest absolute Gasteiger partial charge is 0.369 e. The van der Waals surface area contributed by atoms with Crippen molar-refractivity contribution in [2.75, 3.05) is 18.0 Å². The molecule has 106 valence electrons. The minimum Gasteiger partial charge on any atom is -0.369 e. The number of rotatable bonds is 4. The van der Waals surface area contributed by atoms with Crippen LogP contribution in [0.5, 0.6) is 0 Å². The van der Waals surface area contributed by atoms with Crippen LogP contribution in [0.2, 0.25) is 0 Å². The van der Waals surface area contributed by atoms with Gasteiger partial charge in [-0.1, -0.05) is 27.7 Å². The van der Waals surface area contributed by atoms with Crippen molar-refractivity contribution in [1.29, 1.82) is 0 Å². The lowest BCUT2D eigenvalue weighted by atomic mass is 9.84. The van der Waals surface area contributed by atoms with E-state index >= 15 is 0 Å². The van der Waals surface area contributed by atoms with Crippen molar-refractivity contribution >= 4 is 5.69 Å². The Bertz CT molecular complexity index is 412. The average molecular weight is 261 g/mol. The number of nitrogens with one attached hydrogen (secondary N) is 1. The number of nitrogens with zero attached hydrogens (tertiary/aromatic N) is 2. The minimum atomic E-state index is 0.414. The molecule has 0 spiro atoms. The van der Waals surface area contributed by atoms with Crippen LogP contribution in [-0.4, -0.2) is 24.1 Å². The van der Waals surface area contributed by atoms with Gasteiger partial charge in [0, 0.05) is 31.9 Å². The summed E-state index contributed by atoms with van der Waals surface area (Å²) in [5.74, 6) is 0. The Labute approximate surface area is 117 Å². The van der Waals surface area contributed by atoms with Crippen molar-refractivity contribution in [2.24, 2.45) is 5.41 Å². The lowest BCUT2D eigenvalue weighted by Crippen LogP contribution is -2.40. The first-order chi connectivity index (χ1) is 8.98. The smallest absolute Gasteiger partial charge is 0.0598 e. The predicted octanol–water partition coefficient (Wildman–Crippen LogP) is 3.21. The first-order valence-electron chi connectivity index (χ1n) is 7.39. The summed E-state index contributed by atoms with van der Waals surface area (Å²) in [7, 11) is 0. The molecule has 3 heteroatoms. The van der Waals surface area contributed by atoms with E-state index in [-0.39, 0.29) is 0 Å². The molecule has 3 nitrogen and oxygen atoms in total. The van der Waals surface area contributed by atoms with Gasteiger partial charge in [-0.25, -0.2) is 0 Å². The van der Waals surface area contributed by atoms with Gasteiger partial charge in [0.25, 0.3) is 0 Å². The molecule has 2 heterocycles. The molecule has 1 aromatic rings. The summed E-state index contributed by atoms with van der Waals surface area (Å²) in [5, 5.41) is 3.51. The Kier molecular flexibility index (Phi) is 4.46. The van der Waals surface area contributed by atoms with Gasteiger partial charge in [0.1, 0.15) is 0 Å². The van der Waals surface area contributed by atoms with Gasteiger partial charge in [-0.3, -0.25) is 4.98 Å². The van der Waals surface area contributed by atoms with Gasteiger partial charge in [-0.15, -0.1) is 0 Å². The Hall–Kier alpha value is -1.09. The number of anilines is 1. The molecule has 2 rings (SSSR count). The first kappa shape index (κ1) is 14.3. The Balaban J connectivity index is 2.14. The number of aromatic nitrogens is 1. The van der Waals surface area contributed by atoms with Crippen molar-refractivity contribution in [3.8, 4) is 0 Å². The third-order valence-corrected chi connectivity index (χ3v) is 3.83. The Morgan fingerprint density at radius 2 is 2.21 bits per heavy atom. The SMILES string of the molecule is CC(C)NCc1ccncc1N1CCCC(C)(C)C1. The van der Waals surface area contributed by atoms with Gasteiger partial charge in [-0.05, 0) is 29.9 Å². The second-order valence-electron chi connectivity index (χ2n) is 6.73. The van der Waals surface area contributed by atoms with Gasteiger partial charge in [0.05, 0.1) is 11.9 Å². The number of pyridine rings is 1. The van der Waals surface area contributed by atoms with E-state index in [1.807, 2.05) is 12.4 Å². The fourth-order valence-electron chi connectivity index (χ4n) is 2.79. The molecule has 1 N–H and O–H groups in total. The minimum absolute atomic E-state index is 0.414. The summed E-state index contributed by atoms with van der Waals surface area (Å²) in [6.45, 7) is 12.3. The van der Waals surface area contributed by atoms with Crippen LogP contribution in [-0.2, 0) is 6.54 Å². The molecular weight excluding hydrogens is 234 g/mol. The third kappa shape index (κ3) is 3.93. The summed E-state index contributed by atoms with van der Waals surface area (Å²) in [4.78, 5) is 6.83. The highest BCUT2D eigenvalue weighted by molar-refractivity contribution is 5.52. The fraction of sp³-hybridized carbons (Fsp3) is 0.688. The Morgan fingerprint density at radius 1 is 1.42 bits per heavy atom. The zero-order valence-electron chi connectivity index (χ0n) is 12.7. The van der Waals surface area contributed by atoms with Gasteiger partial charge in [0.15, 0.2) is 0 Å². The molecule has 0 aliphatic carbocycles. The third-order valence-electron chi connectivity index (χ3n) is 3.83. The predicted molar refractivity (Wildman–Crippen MR) is 81.4 cm³/mol. The topological polar surface area (TPSA) is 28.2 Å². The van der Waals surface area contributed by atoms with Crippen molar-refractivity contribution in [3.63, 3.8) is 0 Å². The van der Waals surface area contributed by atoms with Crippen LogP contribution in [0.1, 0.15) is 46.1 Å². The van der Waals surface area contributed by atoms with Gasteiger partial charge in [-0.2, -0.15) is 0 Å². The van der Waals surface area contributed by atoms with E-state index < -0.39 is 0 Å². The highest BCUT2D eigenvalue weighted by Crippen LogP contribution is 2.32. The Morgan fingerprint density at radius 3 is 2.89 bits per heavy atom. The van der Waals surface area contributed by atoms with E-state index in [2.05, 4.69) is 49.0 Å². The quantitative estimate of drug-likeness (QED) is 0.902. The van der Waals surface area contributed by atoms with E-state index in [0.717, 1.165) is 19.6 Å². The van der Waals surface area contributed by atoms with Crippen LogP contribution < -0.4 is 10.2 Å². The molecule has 1 fully saturated rings. The molecular formula is C16H27N3. The molecule has 0 amide bonds. The zero-order valence-corrected chi connectivity index (χ0v) is 12.7. The van der Waals surface area contributed by atoms with Crippen LogP contribution in [0.4, 0.5) is 5.69 Å². The maximum absolute atomic E-state index is 4.33. The van der Waals surface area contributed by atoms with E-state index in [1.54, 1.807) is 0 Å². The summed E-state index contributed by atoms with van der Waals surface area (Å²) >= 11 is 0. The van der Waals surface area contributed by atoms with E-state index in [0.29, 0.717) is 11.5 Å². The summed E-state index contributed by atoms with van der Waals surface area (Å²) < 4.78 is 0. The lowest BCUT2D eigenvalue weighted by Gasteiger charge is -2.40. The molecule has 0 unspecified atom stereocenters. The zero-order chi connectivity index (χ0) is 13.9. The molecule has 0 atom stereocenters. The number of piperidine rings is 1. The maximum Gasteiger partial charge on any atom is 0.0598 e. The maximum atomic E-state index is 4.33. The molecule has 19 heavy (non-hydrogen) atoms. The van der Waals surface area contributed by atoms with Crippen LogP contribution in [0, 0.1) is 5.41 Å². The number of hydrogen-bond donors (Lipinski definition) is 1. The standard InChI is InChI=1S/C16H27N3/c1-13(2)18-10-14-6-8-17-11-15(14)19-9-5-7-16(3,4)12-19/h6,8,11,13,18H,5,7,9-10,12H2,1-4H3. The first-order valence-corrected chi connectivity index (χ1v) is 7.39. The second kappa shape index (κ2) is 5.91. The summed E-state index contributed by atoms with van der Waals surface area (Å²) in [6.07, 6.45) is 6.52. The molecule has 1 aliphatic heterocycles. The van der Waals surface area contributed by atoms with Crippen molar-refractivity contribution in [2.45, 2.75) is 53.1 Å². The van der Waals surface area contributed by atoms with Crippen molar-refractivity contribution in [1.82, 2.24) is 10.3 Å². The van der Waals surface area contributed by atoms with Crippen LogP contribution in [0.15, 0.2) is 18.5 Å². The van der Waals surface area contributed by atoms with E-state index in [1.165, 1.54) is 24.1 Å². The van der Waals surface area contributed by atoms with Crippen LogP contribution >= 0.6 is 0 Å². The van der Waals surface area contributed by atoms with Gasteiger partial charge in [0.2, 0.25) is 0 Å². The summed E-state index contributed by atoms with van der Waals surface area (Å²) in [6, 6.07) is 2.66. The summed E-state index contributed by atoms with van der Waals surface area (Å²) in [5.41, 5.74) is 3.08. The molecule has 0 bridgehead atoms. The van der Waals surface area contributed by atoms with E-state index in [9.17, 15) is 0 Å². The normalized spacial score (nSPS) is 18.9. The highest BCUT2D eigenvalue weighted by Gasteiger charge is 2.27. The second-order valence-corrected chi connectivity index (χ2v) is 6.73. The number of hydrogen-bond acceptors (Lipinski definition) is 3. The van der Waals surface area contributed by atoms with Crippen LogP contribution in [0.25, 0.3) is 0 Å². The monoisotopic (exact) mass is 261 g/mol. The van der Waals surface area contributed by atoms with Gasteiger partial charge >= 0.3 is 0 Å². The fourth-order valence-corrected chi connectivity index (χ4v) is 2.79. The van der Waals surface area contributed by atoms with E-state index in [4.69, 9.17) is 0 Å². The van der Waals surface area contributed by atoms with Crippen molar-refractivity contribution < 1.29 is 0 Å². The van der Waals surface area contributed by atoms with Gasteiger partial charge < -0.3 is 10.2 Å². The molecule has 0 aromatic carbocycles. The molecule has 1 saturated heterocycles. The highest BCUT2D eigenvalue weighted by atomic mass is 15.2. The average Bonchev–Trinajstić information content (AvgIpc) is 2.35. The molecule has 0 radical (unpaired) electrons. The molecule has 1 aliphatic rings. The molecule has 1 aromatic heterocycles. The van der Waals surface area contributed by atoms with Crippen LogP contribution in [0.3, 0.4) is 0 Å². The van der Waals surface area contributed by atoms with Crippen molar-refractivity contribution in [3.05, 3.63) is 24.0 Å².